The van der Waals surface area contributed by atoms with E-state index in [-0.39, 0.29) is 11.9 Å². The molecular formula is C20H22N6O. The van der Waals surface area contributed by atoms with Crippen molar-refractivity contribution >= 4 is 11.7 Å². The zero-order chi connectivity index (χ0) is 19.4. The first kappa shape index (κ1) is 18.4. The standard InChI is InChI=1S/C20H22N6O/c1-14(17-11-12-21-13-22-17)26(4)20(27)16-7-5-15(6-8-16)18-9-10-19(24-23-18)25(2)3/h5-14H,1-4H3/t14-/m1/s1. The van der Waals surface area contributed by atoms with Crippen molar-refractivity contribution in [2.45, 2.75) is 13.0 Å². The molecule has 0 fully saturated rings. The number of hydrogen-bond donors (Lipinski definition) is 0. The van der Waals surface area contributed by atoms with Gasteiger partial charge in [0.15, 0.2) is 5.82 Å². The highest BCUT2D eigenvalue weighted by Gasteiger charge is 2.19. The number of carbonyl (C=O) groups is 1. The summed E-state index contributed by atoms with van der Waals surface area (Å²) in [5.41, 5.74) is 3.09. The Labute approximate surface area is 158 Å². The van der Waals surface area contributed by atoms with E-state index in [0.717, 1.165) is 22.8 Å². The molecule has 2 aromatic heterocycles. The molecule has 0 saturated heterocycles. The minimum atomic E-state index is -0.148. The SMILES string of the molecule is C[C@H](c1ccncn1)N(C)C(=O)c1ccc(-c2ccc(N(C)C)nn2)cc1. The van der Waals surface area contributed by atoms with Gasteiger partial charge in [0.1, 0.15) is 6.33 Å². The monoisotopic (exact) mass is 362 g/mol. The number of nitrogens with zero attached hydrogens (tertiary/aromatic N) is 6. The number of hydrogen-bond acceptors (Lipinski definition) is 6. The van der Waals surface area contributed by atoms with Crippen LogP contribution in [0.2, 0.25) is 0 Å². The van der Waals surface area contributed by atoms with Crippen LogP contribution in [0, 0.1) is 0 Å². The Kier molecular flexibility index (Phi) is 5.40. The van der Waals surface area contributed by atoms with Crippen LogP contribution in [0.4, 0.5) is 5.82 Å². The first-order valence-corrected chi connectivity index (χ1v) is 8.62. The summed E-state index contributed by atoms with van der Waals surface area (Å²) >= 11 is 0. The average Bonchev–Trinajstić information content (AvgIpc) is 2.73. The molecule has 27 heavy (non-hydrogen) atoms. The Morgan fingerprint density at radius 2 is 1.70 bits per heavy atom. The average molecular weight is 362 g/mol. The molecular weight excluding hydrogens is 340 g/mol. The van der Waals surface area contributed by atoms with Crippen molar-refractivity contribution in [3.05, 3.63) is 66.2 Å². The molecule has 0 saturated carbocycles. The van der Waals surface area contributed by atoms with Gasteiger partial charge in [0.2, 0.25) is 0 Å². The van der Waals surface area contributed by atoms with Gasteiger partial charge < -0.3 is 9.80 Å². The van der Waals surface area contributed by atoms with Crippen LogP contribution in [0.25, 0.3) is 11.3 Å². The van der Waals surface area contributed by atoms with Crippen molar-refractivity contribution in [2.75, 3.05) is 26.0 Å². The molecule has 7 nitrogen and oxygen atoms in total. The smallest absolute Gasteiger partial charge is 0.254 e. The Bertz CT molecular complexity index is 894. The molecule has 1 amide bonds. The highest BCUT2D eigenvalue weighted by molar-refractivity contribution is 5.94. The molecule has 0 aliphatic rings. The van der Waals surface area contributed by atoms with Gasteiger partial charge in [-0.25, -0.2) is 9.97 Å². The summed E-state index contributed by atoms with van der Waals surface area (Å²) in [6.07, 6.45) is 3.16. The molecule has 0 spiro atoms. The van der Waals surface area contributed by atoms with Crippen LogP contribution in [0.1, 0.15) is 29.0 Å². The van der Waals surface area contributed by atoms with Gasteiger partial charge in [0.05, 0.1) is 17.4 Å². The predicted octanol–water partition coefficient (Wildman–Crippen LogP) is 2.83. The van der Waals surface area contributed by atoms with Gasteiger partial charge in [-0.3, -0.25) is 4.79 Å². The zero-order valence-electron chi connectivity index (χ0n) is 15.9. The molecule has 1 atom stereocenters. The molecule has 0 radical (unpaired) electrons. The van der Waals surface area contributed by atoms with Gasteiger partial charge in [-0.2, -0.15) is 0 Å². The van der Waals surface area contributed by atoms with Crippen LogP contribution < -0.4 is 4.90 Å². The molecule has 1 aromatic carbocycles. The molecule has 138 valence electrons. The lowest BCUT2D eigenvalue weighted by atomic mass is 10.1. The predicted molar refractivity (Wildman–Crippen MR) is 104 cm³/mol. The summed E-state index contributed by atoms with van der Waals surface area (Å²) in [4.78, 5) is 24.5. The minimum absolute atomic E-state index is 0.0679. The van der Waals surface area contributed by atoms with Gasteiger partial charge in [-0.1, -0.05) is 12.1 Å². The molecule has 7 heteroatoms. The van der Waals surface area contributed by atoms with E-state index in [9.17, 15) is 4.79 Å². The molecule has 3 rings (SSSR count). The number of anilines is 1. The fourth-order valence-corrected chi connectivity index (χ4v) is 2.63. The molecule has 0 bridgehead atoms. The van der Waals surface area contributed by atoms with Crippen molar-refractivity contribution in [1.29, 1.82) is 0 Å². The van der Waals surface area contributed by atoms with E-state index >= 15 is 0 Å². The second kappa shape index (κ2) is 7.90. The number of amides is 1. The van der Waals surface area contributed by atoms with Crippen molar-refractivity contribution < 1.29 is 4.79 Å². The van der Waals surface area contributed by atoms with Crippen LogP contribution in [0.5, 0.6) is 0 Å². The molecule has 0 aliphatic heterocycles. The number of aromatic nitrogens is 4. The van der Waals surface area contributed by atoms with E-state index in [1.54, 1.807) is 18.1 Å². The number of carbonyl (C=O) groups excluding carboxylic acids is 1. The van der Waals surface area contributed by atoms with E-state index in [1.807, 2.05) is 68.4 Å². The fourth-order valence-electron chi connectivity index (χ4n) is 2.63. The van der Waals surface area contributed by atoms with Crippen LogP contribution in [0.3, 0.4) is 0 Å². The first-order valence-electron chi connectivity index (χ1n) is 8.62. The zero-order valence-corrected chi connectivity index (χ0v) is 15.9. The molecule has 0 unspecified atom stereocenters. The van der Waals surface area contributed by atoms with E-state index in [2.05, 4.69) is 20.2 Å². The topological polar surface area (TPSA) is 75.1 Å². The third-order valence-electron chi connectivity index (χ3n) is 4.47. The summed E-state index contributed by atoms with van der Waals surface area (Å²) in [6, 6.07) is 12.9. The Balaban J connectivity index is 1.75. The summed E-state index contributed by atoms with van der Waals surface area (Å²) in [7, 11) is 5.61. The first-order chi connectivity index (χ1) is 13.0. The Morgan fingerprint density at radius 1 is 0.963 bits per heavy atom. The van der Waals surface area contributed by atoms with Crippen molar-refractivity contribution in [3.63, 3.8) is 0 Å². The van der Waals surface area contributed by atoms with E-state index in [4.69, 9.17) is 0 Å². The van der Waals surface area contributed by atoms with Gasteiger partial charge in [0, 0.05) is 38.5 Å². The largest absolute Gasteiger partial charge is 0.361 e. The van der Waals surface area contributed by atoms with Gasteiger partial charge in [-0.05, 0) is 37.3 Å². The minimum Gasteiger partial charge on any atom is -0.361 e. The lowest BCUT2D eigenvalue weighted by Gasteiger charge is -2.24. The lowest BCUT2D eigenvalue weighted by molar-refractivity contribution is 0.0739. The van der Waals surface area contributed by atoms with Crippen molar-refractivity contribution in [2.24, 2.45) is 0 Å². The quantitative estimate of drug-likeness (QED) is 0.695. The maximum Gasteiger partial charge on any atom is 0.254 e. The normalized spacial score (nSPS) is 11.7. The fraction of sp³-hybridized carbons (Fsp3) is 0.250. The molecule has 0 N–H and O–H groups in total. The molecule has 3 aromatic rings. The number of rotatable bonds is 5. The molecule has 2 heterocycles. The highest BCUT2D eigenvalue weighted by Crippen LogP contribution is 2.21. The van der Waals surface area contributed by atoms with Gasteiger partial charge in [0.25, 0.3) is 5.91 Å². The van der Waals surface area contributed by atoms with E-state index in [0.29, 0.717) is 5.56 Å². The maximum absolute atomic E-state index is 12.8. The molecule has 0 aliphatic carbocycles. The summed E-state index contributed by atoms with van der Waals surface area (Å²) in [5.74, 6) is 0.729. The third kappa shape index (κ3) is 4.08. The maximum atomic E-state index is 12.8. The van der Waals surface area contributed by atoms with E-state index in [1.165, 1.54) is 6.33 Å². The van der Waals surface area contributed by atoms with Crippen LogP contribution in [-0.2, 0) is 0 Å². The summed E-state index contributed by atoms with van der Waals surface area (Å²) in [6.45, 7) is 1.94. The van der Waals surface area contributed by atoms with Crippen molar-refractivity contribution in [1.82, 2.24) is 25.1 Å². The Morgan fingerprint density at radius 3 is 2.26 bits per heavy atom. The van der Waals surface area contributed by atoms with Crippen molar-refractivity contribution in [3.8, 4) is 11.3 Å². The van der Waals surface area contributed by atoms with Gasteiger partial charge in [-0.15, -0.1) is 10.2 Å². The Hall–Kier alpha value is -3.35. The van der Waals surface area contributed by atoms with Crippen LogP contribution in [-0.4, -0.2) is 52.1 Å². The summed E-state index contributed by atoms with van der Waals surface area (Å²) < 4.78 is 0. The lowest BCUT2D eigenvalue weighted by Crippen LogP contribution is -2.30. The van der Waals surface area contributed by atoms with Crippen LogP contribution in [0.15, 0.2) is 55.0 Å². The summed E-state index contributed by atoms with van der Waals surface area (Å²) in [5, 5.41) is 8.43. The number of benzene rings is 1. The van der Waals surface area contributed by atoms with Crippen LogP contribution >= 0.6 is 0 Å². The third-order valence-corrected chi connectivity index (χ3v) is 4.47. The highest BCUT2D eigenvalue weighted by atomic mass is 16.2. The second-order valence-corrected chi connectivity index (χ2v) is 6.47. The van der Waals surface area contributed by atoms with E-state index < -0.39 is 0 Å². The second-order valence-electron chi connectivity index (χ2n) is 6.47. The van der Waals surface area contributed by atoms with Gasteiger partial charge >= 0.3 is 0 Å².